The molecule has 2 nitrogen and oxygen atoms in total. The average molecular weight is 349 g/mol. The van der Waals surface area contributed by atoms with Gasteiger partial charge in [-0.2, -0.15) is 0 Å². The number of aromatic nitrogens is 1. The topological polar surface area (TPSA) is 33.1 Å². The van der Waals surface area contributed by atoms with Crippen LogP contribution in [0.2, 0.25) is 5.02 Å². The van der Waals surface area contributed by atoms with Crippen LogP contribution in [0.4, 0.5) is 0 Å². The molecule has 100 valence electrons. The first kappa shape index (κ1) is 13.6. The van der Waals surface area contributed by atoms with E-state index in [9.17, 15) is 5.11 Å². The van der Waals surface area contributed by atoms with Gasteiger partial charge in [-0.3, -0.25) is 4.98 Å². The molecule has 0 radical (unpaired) electrons. The molecule has 4 heteroatoms. The molecule has 3 aromatic rings. The number of aliphatic hydroxyl groups excluding tert-OH is 1. The normalized spacial score (nSPS) is 12.6. The first-order valence-electron chi connectivity index (χ1n) is 6.12. The third-order valence-electron chi connectivity index (χ3n) is 3.27. The van der Waals surface area contributed by atoms with Crippen molar-refractivity contribution in [3.05, 3.63) is 75.5 Å². The Labute approximate surface area is 130 Å². The zero-order valence-corrected chi connectivity index (χ0v) is 12.8. The zero-order valence-electron chi connectivity index (χ0n) is 10.4. The van der Waals surface area contributed by atoms with E-state index in [-0.39, 0.29) is 0 Å². The number of hydrogen-bond acceptors (Lipinski definition) is 2. The van der Waals surface area contributed by atoms with Gasteiger partial charge in [0.1, 0.15) is 6.10 Å². The molecule has 0 amide bonds. The molecule has 0 spiro atoms. The van der Waals surface area contributed by atoms with E-state index in [0.717, 1.165) is 20.8 Å². The monoisotopic (exact) mass is 347 g/mol. The summed E-state index contributed by atoms with van der Waals surface area (Å²) in [5, 5.41) is 13.1. The van der Waals surface area contributed by atoms with Crippen LogP contribution < -0.4 is 0 Å². The Morgan fingerprint density at radius 2 is 1.95 bits per heavy atom. The number of rotatable bonds is 2. The summed E-state index contributed by atoms with van der Waals surface area (Å²) in [4.78, 5) is 4.13. The molecule has 1 heterocycles. The Morgan fingerprint density at radius 1 is 1.10 bits per heavy atom. The number of aliphatic hydroxyl groups is 1. The first-order chi connectivity index (χ1) is 9.66. The molecule has 0 fully saturated rings. The van der Waals surface area contributed by atoms with Crippen molar-refractivity contribution in [1.29, 1.82) is 0 Å². The minimum Gasteiger partial charge on any atom is -0.384 e. The molecule has 2 aromatic carbocycles. The molecule has 0 saturated carbocycles. The maximum Gasteiger partial charge on any atom is 0.106 e. The number of nitrogens with zero attached hydrogens (tertiary/aromatic N) is 1. The van der Waals surface area contributed by atoms with Crippen molar-refractivity contribution < 1.29 is 5.11 Å². The van der Waals surface area contributed by atoms with Crippen LogP contribution in [0.15, 0.2) is 59.3 Å². The predicted octanol–water partition coefficient (Wildman–Crippen LogP) is 4.73. The molecule has 1 unspecified atom stereocenters. The van der Waals surface area contributed by atoms with E-state index in [1.54, 1.807) is 18.5 Å². The Kier molecular flexibility index (Phi) is 3.74. The number of halogens is 2. The van der Waals surface area contributed by atoms with Gasteiger partial charge in [0.15, 0.2) is 0 Å². The largest absolute Gasteiger partial charge is 0.384 e. The number of fused-ring (bicyclic) bond motifs is 1. The summed E-state index contributed by atoms with van der Waals surface area (Å²) >= 11 is 9.59. The predicted molar refractivity (Wildman–Crippen MR) is 85.0 cm³/mol. The molecule has 0 aliphatic carbocycles. The quantitative estimate of drug-likeness (QED) is 0.726. The Hall–Kier alpha value is -1.42. The Bertz CT molecular complexity index is 770. The number of benzene rings is 2. The van der Waals surface area contributed by atoms with Gasteiger partial charge >= 0.3 is 0 Å². The maximum atomic E-state index is 10.6. The summed E-state index contributed by atoms with van der Waals surface area (Å²) in [6.07, 6.45) is 2.73. The van der Waals surface area contributed by atoms with Crippen molar-refractivity contribution in [1.82, 2.24) is 4.98 Å². The van der Waals surface area contributed by atoms with Gasteiger partial charge in [0.2, 0.25) is 0 Å². The highest BCUT2D eigenvalue weighted by molar-refractivity contribution is 9.10. The number of hydrogen-bond donors (Lipinski definition) is 1. The summed E-state index contributed by atoms with van der Waals surface area (Å²) in [7, 11) is 0. The zero-order chi connectivity index (χ0) is 14.1. The summed E-state index contributed by atoms with van der Waals surface area (Å²) in [5.74, 6) is 0. The molecule has 1 aromatic heterocycles. The van der Waals surface area contributed by atoms with Gasteiger partial charge in [-0.1, -0.05) is 51.8 Å². The average Bonchev–Trinajstić information content (AvgIpc) is 2.46. The van der Waals surface area contributed by atoms with Crippen LogP contribution in [0.5, 0.6) is 0 Å². The molecule has 3 rings (SSSR count). The van der Waals surface area contributed by atoms with E-state index in [1.165, 1.54) is 0 Å². The van der Waals surface area contributed by atoms with Crippen LogP contribution >= 0.6 is 27.5 Å². The van der Waals surface area contributed by atoms with Crippen LogP contribution in [-0.2, 0) is 0 Å². The van der Waals surface area contributed by atoms with Gasteiger partial charge in [0.25, 0.3) is 0 Å². The highest BCUT2D eigenvalue weighted by atomic mass is 79.9. The van der Waals surface area contributed by atoms with Gasteiger partial charge < -0.3 is 5.11 Å². The van der Waals surface area contributed by atoms with Gasteiger partial charge in [-0.25, -0.2) is 0 Å². The van der Waals surface area contributed by atoms with Crippen molar-refractivity contribution in [3.8, 4) is 0 Å². The fourth-order valence-electron chi connectivity index (χ4n) is 2.27. The van der Waals surface area contributed by atoms with Gasteiger partial charge in [-0.15, -0.1) is 0 Å². The second-order valence-corrected chi connectivity index (χ2v) is 5.84. The Morgan fingerprint density at radius 3 is 2.75 bits per heavy atom. The summed E-state index contributed by atoms with van der Waals surface area (Å²) in [5.41, 5.74) is 1.49. The van der Waals surface area contributed by atoms with E-state index in [4.69, 9.17) is 11.6 Å². The summed E-state index contributed by atoms with van der Waals surface area (Å²) < 4.78 is 0.887. The highest BCUT2D eigenvalue weighted by Gasteiger charge is 2.16. The molecule has 20 heavy (non-hydrogen) atoms. The second kappa shape index (κ2) is 5.52. The van der Waals surface area contributed by atoms with Crippen molar-refractivity contribution in [2.75, 3.05) is 0 Å². The molecule has 1 atom stereocenters. The molecular formula is C16H11BrClNO. The van der Waals surface area contributed by atoms with E-state index < -0.39 is 6.10 Å². The van der Waals surface area contributed by atoms with Gasteiger partial charge in [0, 0.05) is 32.8 Å². The number of pyridine rings is 1. The van der Waals surface area contributed by atoms with E-state index in [2.05, 4.69) is 20.9 Å². The minimum absolute atomic E-state index is 0.535. The van der Waals surface area contributed by atoms with Gasteiger partial charge in [-0.05, 0) is 29.1 Å². The lowest BCUT2D eigenvalue weighted by atomic mass is 9.97. The van der Waals surface area contributed by atoms with Crippen molar-refractivity contribution in [3.63, 3.8) is 0 Å². The SMILES string of the molecule is OC(c1ccc(Br)cc1Cl)c1cccc2ccncc12. The summed E-state index contributed by atoms with van der Waals surface area (Å²) in [6.45, 7) is 0. The lowest BCUT2D eigenvalue weighted by Gasteiger charge is -2.15. The lowest BCUT2D eigenvalue weighted by Crippen LogP contribution is -2.01. The molecule has 0 saturated heterocycles. The second-order valence-electron chi connectivity index (χ2n) is 4.51. The summed E-state index contributed by atoms with van der Waals surface area (Å²) in [6, 6.07) is 13.2. The molecule has 0 aliphatic heterocycles. The van der Waals surface area contributed by atoms with Gasteiger partial charge in [0.05, 0.1) is 0 Å². The van der Waals surface area contributed by atoms with Crippen molar-refractivity contribution >= 4 is 38.3 Å². The molecule has 0 bridgehead atoms. The van der Waals surface area contributed by atoms with Crippen LogP contribution in [0.1, 0.15) is 17.2 Å². The molecular weight excluding hydrogens is 338 g/mol. The maximum absolute atomic E-state index is 10.6. The Balaban J connectivity index is 2.15. The van der Waals surface area contributed by atoms with E-state index >= 15 is 0 Å². The fourth-order valence-corrected chi connectivity index (χ4v) is 3.04. The van der Waals surface area contributed by atoms with Crippen LogP contribution in [-0.4, -0.2) is 10.1 Å². The van der Waals surface area contributed by atoms with Crippen LogP contribution in [0.25, 0.3) is 10.8 Å². The van der Waals surface area contributed by atoms with Crippen molar-refractivity contribution in [2.45, 2.75) is 6.10 Å². The standard InChI is InChI=1S/C16H11BrClNO/c17-11-4-5-13(15(18)8-11)16(20)12-3-1-2-10-6-7-19-9-14(10)12/h1-9,16,20H. The van der Waals surface area contributed by atoms with E-state index in [0.29, 0.717) is 10.6 Å². The molecule has 0 aliphatic rings. The van der Waals surface area contributed by atoms with Crippen LogP contribution in [0.3, 0.4) is 0 Å². The lowest BCUT2D eigenvalue weighted by molar-refractivity contribution is 0.222. The first-order valence-corrected chi connectivity index (χ1v) is 7.29. The van der Waals surface area contributed by atoms with E-state index in [1.807, 2.05) is 36.4 Å². The van der Waals surface area contributed by atoms with Crippen LogP contribution in [0, 0.1) is 0 Å². The third-order valence-corrected chi connectivity index (χ3v) is 4.09. The fraction of sp³-hybridized carbons (Fsp3) is 0.0625. The molecule has 1 N–H and O–H groups in total. The smallest absolute Gasteiger partial charge is 0.106 e. The highest BCUT2D eigenvalue weighted by Crippen LogP contribution is 2.33. The minimum atomic E-state index is -0.775. The third kappa shape index (κ3) is 2.44. The van der Waals surface area contributed by atoms with Crippen molar-refractivity contribution in [2.24, 2.45) is 0 Å².